The van der Waals surface area contributed by atoms with Crippen LogP contribution in [0.4, 0.5) is 5.69 Å². The van der Waals surface area contributed by atoms with Crippen LogP contribution in [0.5, 0.6) is 5.75 Å². The number of methoxy groups -OCH3 is 1. The molecule has 1 rings (SSSR count). The standard InChI is InChI=1S/C16H21NO6/c1-4-22-15(19)10-14(18)17(11-16(20)23-5-2)12-6-8-13(21-3)9-7-12/h6-9H,4-5,10-11H2,1-3H3. The van der Waals surface area contributed by atoms with Gasteiger partial charge in [-0.2, -0.15) is 0 Å². The number of carbonyl (C=O) groups is 3. The number of rotatable bonds is 8. The lowest BCUT2D eigenvalue weighted by Gasteiger charge is -2.21. The molecule has 1 aromatic rings. The molecule has 0 aliphatic rings. The molecule has 0 fully saturated rings. The Morgan fingerprint density at radius 3 is 2.04 bits per heavy atom. The normalized spacial score (nSPS) is 9.87. The largest absolute Gasteiger partial charge is 0.497 e. The highest BCUT2D eigenvalue weighted by molar-refractivity contribution is 6.05. The van der Waals surface area contributed by atoms with Gasteiger partial charge in [-0.1, -0.05) is 0 Å². The summed E-state index contributed by atoms with van der Waals surface area (Å²) in [5.41, 5.74) is 0.466. The lowest BCUT2D eigenvalue weighted by atomic mass is 10.2. The summed E-state index contributed by atoms with van der Waals surface area (Å²) in [6.07, 6.45) is -0.445. The predicted octanol–water partition coefficient (Wildman–Crippen LogP) is 1.54. The molecule has 0 aromatic heterocycles. The third-order valence-corrected chi connectivity index (χ3v) is 2.88. The minimum atomic E-state index is -0.639. The molecule has 0 radical (unpaired) electrons. The molecule has 1 aromatic carbocycles. The Morgan fingerprint density at radius 2 is 1.52 bits per heavy atom. The summed E-state index contributed by atoms with van der Waals surface area (Å²) >= 11 is 0. The molecule has 0 N–H and O–H groups in total. The highest BCUT2D eigenvalue weighted by atomic mass is 16.5. The number of ether oxygens (including phenoxy) is 3. The van der Waals surface area contributed by atoms with Crippen molar-refractivity contribution in [1.29, 1.82) is 0 Å². The molecule has 0 unspecified atom stereocenters. The van der Waals surface area contributed by atoms with Crippen molar-refractivity contribution < 1.29 is 28.6 Å². The summed E-state index contributed by atoms with van der Waals surface area (Å²) in [6, 6.07) is 6.57. The van der Waals surface area contributed by atoms with Crippen LogP contribution < -0.4 is 9.64 Å². The maximum Gasteiger partial charge on any atom is 0.326 e. The topological polar surface area (TPSA) is 82.1 Å². The molecule has 0 bridgehead atoms. The Balaban J connectivity index is 2.92. The molecule has 0 aliphatic heterocycles. The third-order valence-electron chi connectivity index (χ3n) is 2.88. The second-order valence-corrected chi connectivity index (χ2v) is 4.46. The summed E-state index contributed by atoms with van der Waals surface area (Å²) in [5.74, 6) is -1.12. The van der Waals surface area contributed by atoms with Crippen molar-refractivity contribution >= 4 is 23.5 Å². The number of hydrogen-bond donors (Lipinski definition) is 0. The molecule has 0 saturated carbocycles. The van der Waals surface area contributed by atoms with E-state index in [2.05, 4.69) is 0 Å². The second-order valence-electron chi connectivity index (χ2n) is 4.46. The van der Waals surface area contributed by atoms with E-state index in [0.29, 0.717) is 11.4 Å². The van der Waals surface area contributed by atoms with Gasteiger partial charge < -0.3 is 19.1 Å². The first-order valence-corrected chi connectivity index (χ1v) is 7.27. The van der Waals surface area contributed by atoms with Gasteiger partial charge in [0.2, 0.25) is 5.91 Å². The number of amides is 1. The van der Waals surface area contributed by atoms with Gasteiger partial charge in [0.15, 0.2) is 0 Å². The zero-order chi connectivity index (χ0) is 17.2. The van der Waals surface area contributed by atoms with Gasteiger partial charge in [-0.15, -0.1) is 0 Å². The Hall–Kier alpha value is -2.57. The molecule has 0 atom stereocenters. The number of hydrogen-bond acceptors (Lipinski definition) is 6. The van der Waals surface area contributed by atoms with Crippen LogP contribution >= 0.6 is 0 Å². The molecule has 23 heavy (non-hydrogen) atoms. The molecule has 0 heterocycles. The number of nitrogens with zero attached hydrogens (tertiary/aromatic N) is 1. The Kier molecular flexibility index (Phi) is 7.59. The third kappa shape index (κ3) is 5.98. The first kappa shape index (κ1) is 18.5. The van der Waals surface area contributed by atoms with Crippen molar-refractivity contribution in [2.45, 2.75) is 20.3 Å². The minimum Gasteiger partial charge on any atom is -0.497 e. The summed E-state index contributed by atoms with van der Waals surface area (Å²) in [6.45, 7) is 3.45. The van der Waals surface area contributed by atoms with Gasteiger partial charge in [-0.05, 0) is 38.1 Å². The van der Waals surface area contributed by atoms with E-state index in [4.69, 9.17) is 14.2 Å². The second kappa shape index (κ2) is 9.45. The SMILES string of the molecule is CCOC(=O)CC(=O)N(CC(=O)OCC)c1ccc(OC)cc1. The van der Waals surface area contributed by atoms with Crippen LogP contribution in [0.3, 0.4) is 0 Å². The van der Waals surface area contributed by atoms with Crippen molar-refractivity contribution in [3.63, 3.8) is 0 Å². The highest BCUT2D eigenvalue weighted by Crippen LogP contribution is 2.20. The molecule has 0 saturated heterocycles. The smallest absolute Gasteiger partial charge is 0.326 e. The minimum absolute atomic E-state index is 0.187. The number of esters is 2. The van der Waals surface area contributed by atoms with Gasteiger partial charge in [-0.3, -0.25) is 14.4 Å². The van der Waals surface area contributed by atoms with Gasteiger partial charge in [-0.25, -0.2) is 0 Å². The van der Waals surface area contributed by atoms with E-state index >= 15 is 0 Å². The summed E-state index contributed by atoms with van der Waals surface area (Å²) in [4.78, 5) is 36.7. The van der Waals surface area contributed by atoms with Crippen molar-refractivity contribution in [2.75, 3.05) is 31.8 Å². The summed E-state index contributed by atoms with van der Waals surface area (Å²) < 4.78 is 14.7. The molecule has 0 aliphatic carbocycles. The maximum absolute atomic E-state index is 12.3. The van der Waals surface area contributed by atoms with Crippen LogP contribution in [-0.2, 0) is 23.9 Å². The van der Waals surface area contributed by atoms with Crippen LogP contribution in [0.15, 0.2) is 24.3 Å². The molecule has 126 valence electrons. The monoisotopic (exact) mass is 323 g/mol. The van der Waals surface area contributed by atoms with Crippen molar-refractivity contribution in [1.82, 2.24) is 0 Å². The lowest BCUT2D eigenvalue weighted by molar-refractivity contribution is -0.147. The maximum atomic E-state index is 12.3. The number of benzene rings is 1. The van der Waals surface area contributed by atoms with Crippen LogP contribution in [0.2, 0.25) is 0 Å². The molecule has 7 nitrogen and oxygen atoms in total. The number of carbonyl (C=O) groups excluding carboxylic acids is 3. The number of anilines is 1. The first-order valence-electron chi connectivity index (χ1n) is 7.27. The average molecular weight is 323 g/mol. The van der Waals surface area contributed by atoms with Crippen LogP contribution in [-0.4, -0.2) is 44.7 Å². The Labute approximate surface area is 135 Å². The van der Waals surface area contributed by atoms with E-state index in [1.54, 1.807) is 38.1 Å². The molecular formula is C16H21NO6. The van der Waals surface area contributed by atoms with E-state index in [1.165, 1.54) is 12.0 Å². The predicted molar refractivity (Wildman–Crippen MR) is 83.2 cm³/mol. The molecule has 7 heteroatoms. The van der Waals surface area contributed by atoms with Crippen molar-refractivity contribution in [2.24, 2.45) is 0 Å². The van der Waals surface area contributed by atoms with E-state index in [-0.39, 0.29) is 19.8 Å². The molecular weight excluding hydrogens is 302 g/mol. The summed E-state index contributed by atoms with van der Waals surface area (Å²) in [5, 5.41) is 0. The van der Waals surface area contributed by atoms with Gasteiger partial charge in [0.05, 0.1) is 20.3 Å². The molecule has 1 amide bonds. The van der Waals surface area contributed by atoms with E-state index in [1.807, 2.05) is 0 Å². The van der Waals surface area contributed by atoms with Crippen molar-refractivity contribution in [3.8, 4) is 5.75 Å². The van der Waals surface area contributed by atoms with Crippen LogP contribution in [0.25, 0.3) is 0 Å². The zero-order valence-electron chi connectivity index (χ0n) is 13.5. The van der Waals surface area contributed by atoms with E-state index in [0.717, 1.165) is 0 Å². The highest BCUT2D eigenvalue weighted by Gasteiger charge is 2.22. The van der Waals surface area contributed by atoms with Gasteiger partial charge in [0, 0.05) is 5.69 Å². The Bertz CT molecular complexity index is 540. The molecule has 0 spiro atoms. The van der Waals surface area contributed by atoms with Gasteiger partial charge >= 0.3 is 11.9 Å². The fourth-order valence-corrected chi connectivity index (χ4v) is 1.85. The quantitative estimate of drug-likeness (QED) is 0.533. The van der Waals surface area contributed by atoms with E-state index < -0.39 is 24.3 Å². The van der Waals surface area contributed by atoms with Crippen molar-refractivity contribution in [3.05, 3.63) is 24.3 Å². The fraction of sp³-hybridized carbons (Fsp3) is 0.438. The van der Waals surface area contributed by atoms with Gasteiger partial charge in [0.25, 0.3) is 0 Å². The van der Waals surface area contributed by atoms with Gasteiger partial charge in [0.1, 0.15) is 18.7 Å². The average Bonchev–Trinajstić information content (AvgIpc) is 2.53. The summed E-state index contributed by atoms with van der Waals surface area (Å²) in [7, 11) is 1.53. The van der Waals surface area contributed by atoms with Crippen LogP contribution in [0.1, 0.15) is 20.3 Å². The Morgan fingerprint density at radius 1 is 0.957 bits per heavy atom. The fourth-order valence-electron chi connectivity index (χ4n) is 1.85. The van der Waals surface area contributed by atoms with Crippen LogP contribution in [0, 0.1) is 0 Å². The zero-order valence-corrected chi connectivity index (χ0v) is 13.5. The lowest BCUT2D eigenvalue weighted by Crippen LogP contribution is -2.37. The first-order chi connectivity index (χ1) is 11.0. The van der Waals surface area contributed by atoms with E-state index in [9.17, 15) is 14.4 Å².